The van der Waals surface area contributed by atoms with Gasteiger partial charge in [-0.2, -0.15) is 0 Å². The molecule has 1 amide bonds. The van der Waals surface area contributed by atoms with E-state index in [1.54, 1.807) is 6.20 Å². The SMILES string of the molecule is CN(C)c1ncccc1NC(=O)C1NCCCC1(C)C. The molecule has 5 heteroatoms. The highest BCUT2D eigenvalue weighted by Gasteiger charge is 2.37. The molecule has 0 aromatic carbocycles. The largest absolute Gasteiger partial charge is 0.361 e. The molecule has 110 valence electrons. The van der Waals surface area contributed by atoms with E-state index < -0.39 is 0 Å². The van der Waals surface area contributed by atoms with Crippen molar-refractivity contribution in [2.75, 3.05) is 30.9 Å². The Balaban J connectivity index is 2.15. The number of aromatic nitrogens is 1. The summed E-state index contributed by atoms with van der Waals surface area (Å²) in [4.78, 5) is 18.7. The molecule has 0 radical (unpaired) electrons. The first-order valence-corrected chi connectivity index (χ1v) is 7.08. The Kier molecular flexibility index (Phi) is 4.28. The zero-order chi connectivity index (χ0) is 14.8. The Morgan fingerprint density at radius 1 is 1.50 bits per heavy atom. The van der Waals surface area contributed by atoms with Gasteiger partial charge >= 0.3 is 0 Å². The first-order valence-electron chi connectivity index (χ1n) is 7.08. The van der Waals surface area contributed by atoms with E-state index >= 15 is 0 Å². The highest BCUT2D eigenvalue weighted by molar-refractivity contribution is 5.97. The third-order valence-electron chi connectivity index (χ3n) is 3.86. The van der Waals surface area contributed by atoms with Gasteiger partial charge in [-0.1, -0.05) is 13.8 Å². The van der Waals surface area contributed by atoms with E-state index in [4.69, 9.17) is 0 Å². The number of carbonyl (C=O) groups excluding carboxylic acids is 1. The van der Waals surface area contributed by atoms with Crippen LogP contribution < -0.4 is 15.5 Å². The number of pyridine rings is 1. The molecule has 2 rings (SSSR count). The first-order chi connectivity index (χ1) is 9.42. The second-order valence-corrected chi connectivity index (χ2v) is 6.24. The van der Waals surface area contributed by atoms with Gasteiger partial charge in [-0.15, -0.1) is 0 Å². The highest BCUT2D eigenvalue weighted by atomic mass is 16.2. The van der Waals surface area contributed by atoms with Crippen molar-refractivity contribution in [2.45, 2.75) is 32.7 Å². The zero-order valence-corrected chi connectivity index (χ0v) is 12.7. The molecule has 20 heavy (non-hydrogen) atoms. The van der Waals surface area contributed by atoms with E-state index in [2.05, 4.69) is 29.5 Å². The van der Waals surface area contributed by atoms with Crippen molar-refractivity contribution in [2.24, 2.45) is 5.41 Å². The Morgan fingerprint density at radius 3 is 2.90 bits per heavy atom. The van der Waals surface area contributed by atoms with Gasteiger partial charge in [0.05, 0.1) is 11.7 Å². The number of piperidine rings is 1. The van der Waals surface area contributed by atoms with Gasteiger partial charge in [0.1, 0.15) is 0 Å². The molecule has 1 saturated heterocycles. The van der Waals surface area contributed by atoms with Crippen LogP contribution in [-0.2, 0) is 4.79 Å². The molecule has 1 atom stereocenters. The topological polar surface area (TPSA) is 57.3 Å². The van der Waals surface area contributed by atoms with Crippen molar-refractivity contribution < 1.29 is 4.79 Å². The first kappa shape index (κ1) is 14.8. The molecule has 1 aliphatic rings. The van der Waals surface area contributed by atoms with E-state index in [9.17, 15) is 4.79 Å². The van der Waals surface area contributed by atoms with Gasteiger partial charge in [-0.3, -0.25) is 4.79 Å². The molecular weight excluding hydrogens is 252 g/mol. The second-order valence-electron chi connectivity index (χ2n) is 6.24. The molecule has 1 unspecified atom stereocenters. The van der Waals surface area contributed by atoms with Crippen LogP contribution in [0.25, 0.3) is 0 Å². The third-order valence-corrected chi connectivity index (χ3v) is 3.86. The van der Waals surface area contributed by atoms with Gasteiger partial charge in [-0.05, 0) is 36.9 Å². The lowest BCUT2D eigenvalue weighted by molar-refractivity contribution is -0.121. The fourth-order valence-corrected chi connectivity index (χ4v) is 2.71. The molecule has 1 fully saturated rings. The van der Waals surface area contributed by atoms with E-state index in [0.29, 0.717) is 0 Å². The zero-order valence-electron chi connectivity index (χ0n) is 12.7. The van der Waals surface area contributed by atoms with Crippen LogP contribution in [0.15, 0.2) is 18.3 Å². The Bertz CT molecular complexity index is 485. The minimum atomic E-state index is -0.161. The highest BCUT2D eigenvalue weighted by Crippen LogP contribution is 2.31. The van der Waals surface area contributed by atoms with E-state index in [0.717, 1.165) is 30.9 Å². The summed E-state index contributed by atoms with van der Waals surface area (Å²) in [6.07, 6.45) is 3.91. The Hall–Kier alpha value is -1.62. The van der Waals surface area contributed by atoms with Gasteiger partial charge in [-0.25, -0.2) is 4.98 Å². The molecule has 1 aliphatic heterocycles. The van der Waals surface area contributed by atoms with Crippen LogP contribution in [0.2, 0.25) is 0 Å². The van der Waals surface area contributed by atoms with E-state index in [-0.39, 0.29) is 17.4 Å². The summed E-state index contributed by atoms with van der Waals surface area (Å²) < 4.78 is 0. The molecule has 0 aliphatic carbocycles. The maximum absolute atomic E-state index is 12.5. The van der Waals surface area contributed by atoms with E-state index in [1.165, 1.54) is 0 Å². The van der Waals surface area contributed by atoms with Gasteiger partial charge in [0.2, 0.25) is 5.91 Å². The Labute approximate surface area is 120 Å². The minimum Gasteiger partial charge on any atom is -0.361 e. The predicted octanol–water partition coefficient (Wildman–Crippen LogP) is 1.86. The van der Waals surface area contributed by atoms with Crippen molar-refractivity contribution in [1.29, 1.82) is 0 Å². The van der Waals surface area contributed by atoms with Crippen LogP contribution in [0.5, 0.6) is 0 Å². The van der Waals surface area contributed by atoms with Gasteiger partial charge in [0.15, 0.2) is 5.82 Å². The number of rotatable bonds is 3. The number of hydrogen-bond acceptors (Lipinski definition) is 4. The molecule has 5 nitrogen and oxygen atoms in total. The molecule has 0 bridgehead atoms. The maximum Gasteiger partial charge on any atom is 0.242 e. The third kappa shape index (κ3) is 3.10. The summed E-state index contributed by atoms with van der Waals surface area (Å²) in [6, 6.07) is 3.56. The van der Waals surface area contributed by atoms with E-state index in [1.807, 2.05) is 31.1 Å². The quantitative estimate of drug-likeness (QED) is 0.885. The van der Waals surface area contributed by atoms with Crippen LogP contribution in [0.1, 0.15) is 26.7 Å². The molecule has 1 aromatic rings. The number of hydrogen-bond donors (Lipinski definition) is 2. The van der Waals surface area contributed by atoms with Crippen LogP contribution in [0.3, 0.4) is 0 Å². The molecular formula is C15H24N4O. The molecule has 2 N–H and O–H groups in total. The summed E-state index contributed by atoms with van der Waals surface area (Å²) in [7, 11) is 3.83. The molecule has 0 spiro atoms. The van der Waals surface area contributed by atoms with Crippen molar-refractivity contribution in [3.05, 3.63) is 18.3 Å². The van der Waals surface area contributed by atoms with Crippen LogP contribution in [0, 0.1) is 5.41 Å². The van der Waals surface area contributed by atoms with Crippen LogP contribution in [0.4, 0.5) is 11.5 Å². The van der Waals surface area contributed by atoms with Crippen LogP contribution in [-0.4, -0.2) is 37.6 Å². The molecule has 2 heterocycles. The van der Waals surface area contributed by atoms with Crippen LogP contribution >= 0.6 is 0 Å². The summed E-state index contributed by atoms with van der Waals surface area (Å²) in [5, 5.41) is 6.34. The number of amides is 1. The van der Waals surface area contributed by atoms with Crippen molar-refractivity contribution >= 4 is 17.4 Å². The average molecular weight is 276 g/mol. The molecule has 0 saturated carbocycles. The van der Waals surface area contributed by atoms with Gasteiger partial charge in [0, 0.05) is 20.3 Å². The lowest BCUT2D eigenvalue weighted by Gasteiger charge is -2.38. The van der Waals surface area contributed by atoms with Crippen molar-refractivity contribution in [3.63, 3.8) is 0 Å². The maximum atomic E-state index is 12.5. The second kappa shape index (κ2) is 5.79. The Morgan fingerprint density at radius 2 is 2.25 bits per heavy atom. The number of nitrogens with one attached hydrogen (secondary N) is 2. The standard InChI is InChI=1S/C15H24N4O/c1-15(2)8-6-10-16-12(15)14(20)18-11-7-5-9-17-13(11)19(3)4/h5,7,9,12,16H,6,8,10H2,1-4H3,(H,18,20). The minimum absolute atomic E-state index is 0.0193. The number of carbonyl (C=O) groups is 1. The monoisotopic (exact) mass is 276 g/mol. The van der Waals surface area contributed by atoms with Crippen molar-refractivity contribution in [1.82, 2.24) is 10.3 Å². The normalized spacial score (nSPS) is 21.3. The average Bonchev–Trinajstić information content (AvgIpc) is 2.38. The fraction of sp³-hybridized carbons (Fsp3) is 0.600. The summed E-state index contributed by atoms with van der Waals surface area (Å²) >= 11 is 0. The number of anilines is 2. The lowest BCUT2D eigenvalue weighted by atomic mass is 9.77. The summed E-state index contributed by atoms with van der Waals surface area (Å²) in [5.41, 5.74) is 0.730. The fourth-order valence-electron chi connectivity index (χ4n) is 2.71. The number of nitrogens with zero attached hydrogens (tertiary/aromatic N) is 2. The smallest absolute Gasteiger partial charge is 0.242 e. The van der Waals surface area contributed by atoms with Gasteiger partial charge in [0.25, 0.3) is 0 Å². The van der Waals surface area contributed by atoms with Crippen molar-refractivity contribution in [3.8, 4) is 0 Å². The van der Waals surface area contributed by atoms with Gasteiger partial charge < -0.3 is 15.5 Å². The lowest BCUT2D eigenvalue weighted by Crippen LogP contribution is -2.53. The predicted molar refractivity (Wildman–Crippen MR) is 82.0 cm³/mol. The molecule has 1 aromatic heterocycles. The summed E-state index contributed by atoms with van der Waals surface area (Å²) in [5.74, 6) is 0.792. The summed E-state index contributed by atoms with van der Waals surface area (Å²) in [6.45, 7) is 5.17.